The second-order valence-electron chi connectivity index (χ2n) is 6.09. The van der Waals surface area contributed by atoms with Crippen molar-refractivity contribution in [1.82, 2.24) is 4.90 Å². The fourth-order valence-electron chi connectivity index (χ4n) is 3.53. The summed E-state index contributed by atoms with van der Waals surface area (Å²) in [6.45, 7) is 3.12. The van der Waals surface area contributed by atoms with Gasteiger partial charge in [-0.2, -0.15) is 0 Å². The summed E-state index contributed by atoms with van der Waals surface area (Å²) in [5.74, 6) is 2.23. The van der Waals surface area contributed by atoms with Crippen LogP contribution >= 0.6 is 0 Å². The molecule has 1 saturated heterocycles. The van der Waals surface area contributed by atoms with Crippen molar-refractivity contribution in [1.29, 1.82) is 0 Å². The van der Waals surface area contributed by atoms with Crippen molar-refractivity contribution in [3.63, 3.8) is 0 Å². The van der Waals surface area contributed by atoms with E-state index in [4.69, 9.17) is 14.2 Å². The van der Waals surface area contributed by atoms with Gasteiger partial charge in [-0.3, -0.25) is 0 Å². The smallest absolute Gasteiger partial charge is 0.161 e. The van der Waals surface area contributed by atoms with Crippen LogP contribution in [0, 0.1) is 5.92 Å². The SMILES string of the molecule is COc1cc2c(cc1OC)C(C1CCN(C)CC1)OCC2. The maximum atomic E-state index is 6.14. The molecule has 2 aliphatic rings. The summed E-state index contributed by atoms with van der Waals surface area (Å²) in [4.78, 5) is 2.40. The van der Waals surface area contributed by atoms with Crippen LogP contribution in [0.4, 0.5) is 0 Å². The lowest BCUT2D eigenvalue weighted by Gasteiger charge is -2.37. The largest absolute Gasteiger partial charge is 0.493 e. The predicted molar refractivity (Wildman–Crippen MR) is 82.2 cm³/mol. The Morgan fingerprint density at radius 1 is 1.10 bits per heavy atom. The summed E-state index contributed by atoms with van der Waals surface area (Å²) in [5.41, 5.74) is 2.65. The van der Waals surface area contributed by atoms with Gasteiger partial charge in [0.1, 0.15) is 0 Å². The normalized spacial score (nSPS) is 23.7. The Morgan fingerprint density at radius 2 is 1.76 bits per heavy atom. The molecule has 2 heterocycles. The van der Waals surface area contributed by atoms with E-state index in [2.05, 4.69) is 24.1 Å². The number of piperidine rings is 1. The molecule has 1 aromatic carbocycles. The molecule has 21 heavy (non-hydrogen) atoms. The molecule has 1 fully saturated rings. The Kier molecular flexibility index (Phi) is 4.36. The van der Waals surface area contributed by atoms with Crippen LogP contribution in [-0.2, 0) is 11.2 Å². The minimum absolute atomic E-state index is 0.210. The monoisotopic (exact) mass is 291 g/mol. The van der Waals surface area contributed by atoms with Gasteiger partial charge in [-0.25, -0.2) is 0 Å². The van der Waals surface area contributed by atoms with Crippen molar-refractivity contribution in [2.75, 3.05) is 41.0 Å². The van der Waals surface area contributed by atoms with Crippen LogP contribution in [0.2, 0.25) is 0 Å². The van der Waals surface area contributed by atoms with Crippen LogP contribution in [-0.4, -0.2) is 45.9 Å². The number of benzene rings is 1. The van der Waals surface area contributed by atoms with Gasteiger partial charge in [-0.1, -0.05) is 0 Å². The second kappa shape index (κ2) is 6.24. The molecule has 1 atom stereocenters. The summed E-state index contributed by atoms with van der Waals surface area (Å²) in [5, 5.41) is 0. The third-order valence-corrected chi connectivity index (χ3v) is 4.81. The molecule has 0 saturated carbocycles. The Hall–Kier alpha value is -1.26. The first-order valence-electron chi connectivity index (χ1n) is 7.78. The molecular weight excluding hydrogens is 266 g/mol. The standard InChI is InChI=1S/C17H25NO3/c1-18-7-4-12(5-8-18)17-14-11-16(20-3)15(19-2)10-13(14)6-9-21-17/h10-12,17H,4-9H2,1-3H3. The zero-order valence-electron chi connectivity index (χ0n) is 13.2. The lowest BCUT2D eigenvalue weighted by atomic mass is 9.83. The van der Waals surface area contributed by atoms with Gasteiger partial charge in [0.05, 0.1) is 26.9 Å². The summed E-state index contributed by atoms with van der Waals surface area (Å²) >= 11 is 0. The summed E-state index contributed by atoms with van der Waals surface area (Å²) in [6.07, 6.45) is 3.57. The molecule has 3 rings (SSSR count). The van der Waals surface area contributed by atoms with Crippen molar-refractivity contribution in [3.05, 3.63) is 23.3 Å². The zero-order valence-corrected chi connectivity index (χ0v) is 13.2. The lowest BCUT2D eigenvalue weighted by Crippen LogP contribution is -2.34. The molecule has 2 aliphatic heterocycles. The van der Waals surface area contributed by atoms with E-state index in [9.17, 15) is 0 Å². The highest BCUT2D eigenvalue weighted by molar-refractivity contribution is 5.49. The van der Waals surface area contributed by atoms with Crippen LogP contribution in [0.15, 0.2) is 12.1 Å². The number of hydrogen-bond acceptors (Lipinski definition) is 4. The van der Waals surface area contributed by atoms with Crippen molar-refractivity contribution >= 4 is 0 Å². The Balaban J connectivity index is 1.90. The van der Waals surface area contributed by atoms with Gasteiger partial charge in [-0.05, 0) is 68.6 Å². The van der Waals surface area contributed by atoms with Crippen LogP contribution in [0.1, 0.15) is 30.1 Å². The van der Waals surface area contributed by atoms with E-state index in [1.165, 1.54) is 24.0 Å². The maximum Gasteiger partial charge on any atom is 0.161 e. The third-order valence-electron chi connectivity index (χ3n) is 4.81. The molecule has 0 amide bonds. The highest BCUT2D eigenvalue weighted by Gasteiger charge is 2.32. The number of methoxy groups -OCH3 is 2. The average molecular weight is 291 g/mol. The fraction of sp³-hybridized carbons (Fsp3) is 0.647. The first-order chi connectivity index (χ1) is 10.2. The molecule has 0 aliphatic carbocycles. The molecule has 4 nitrogen and oxygen atoms in total. The number of ether oxygens (including phenoxy) is 3. The lowest BCUT2D eigenvalue weighted by molar-refractivity contribution is -0.0174. The van der Waals surface area contributed by atoms with E-state index in [1.807, 2.05) is 0 Å². The first kappa shape index (κ1) is 14.7. The quantitative estimate of drug-likeness (QED) is 0.856. The highest BCUT2D eigenvalue weighted by atomic mass is 16.5. The van der Waals surface area contributed by atoms with Crippen LogP contribution in [0.25, 0.3) is 0 Å². The Labute approximate surface area is 127 Å². The van der Waals surface area contributed by atoms with Crippen LogP contribution < -0.4 is 9.47 Å². The van der Waals surface area contributed by atoms with E-state index in [-0.39, 0.29) is 6.10 Å². The molecule has 0 spiro atoms. The van der Waals surface area contributed by atoms with Crippen molar-refractivity contribution < 1.29 is 14.2 Å². The molecule has 0 N–H and O–H groups in total. The van der Waals surface area contributed by atoms with E-state index >= 15 is 0 Å². The number of hydrogen-bond donors (Lipinski definition) is 0. The van der Waals surface area contributed by atoms with Gasteiger partial charge >= 0.3 is 0 Å². The average Bonchev–Trinajstić information content (AvgIpc) is 2.53. The van der Waals surface area contributed by atoms with E-state index in [0.717, 1.165) is 37.6 Å². The van der Waals surface area contributed by atoms with Crippen LogP contribution in [0.3, 0.4) is 0 Å². The molecule has 0 radical (unpaired) electrons. The number of likely N-dealkylation sites (tertiary alicyclic amines) is 1. The molecule has 0 bridgehead atoms. The van der Waals surface area contributed by atoms with E-state index in [0.29, 0.717) is 5.92 Å². The van der Waals surface area contributed by atoms with Crippen molar-refractivity contribution in [2.45, 2.75) is 25.4 Å². The summed E-state index contributed by atoms with van der Waals surface area (Å²) in [6, 6.07) is 4.24. The zero-order chi connectivity index (χ0) is 14.8. The highest BCUT2D eigenvalue weighted by Crippen LogP contribution is 2.42. The molecular formula is C17H25NO3. The third kappa shape index (κ3) is 2.87. The van der Waals surface area contributed by atoms with Crippen LogP contribution in [0.5, 0.6) is 11.5 Å². The van der Waals surface area contributed by atoms with E-state index < -0.39 is 0 Å². The molecule has 1 aromatic rings. The van der Waals surface area contributed by atoms with Gasteiger partial charge < -0.3 is 19.1 Å². The van der Waals surface area contributed by atoms with Gasteiger partial charge in [0.25, 0.3) is 0 Å². The van der Waals surface area contributed by atoms with E-state index in [1.54, 1.807) is 14.2 Å². The van der Waals surface area contributed by atoms with Gasteiger partial charge in [0.15, 0.2) is 11.5 Å². The fourth-order valence-corrected chi connectivity index (χ4v) is 3.53. The topological polar surface area (TPSA) is 30.9 Å². The van der Waals surface area contributed by atoms with Gasteiger partial charge in [0.2, 0.25) is 0 Å². The number of nitrogens with zero attached hydrogens (tertiary/aromatic N) is 1. The summed E-state index contributed by atoms with van der Waals surface area (Å²) in [7, 11) is 5.58. The van der Waals surface area contributed by atoms with Gasteiger partial charge in [-0.15, -0.1) is 0 Å². The molecule has 116 valence electrons. The first-order valence-corrected chi connectivity index (χ1v) is 7.78. The Morgan fingerprint density at radius 3 is 2.43 bits per heavy atom. The number of rotatable bonds is 3. The second-order valence-corrected chi connectivity index (χ2v) is 6.09. The molecule has 1 unspecified atom stereocenters. The Bertz CT molecular complexity index is 495. The summed E-state index contributed by atoms with van der Waals surface area (Å²) < 4.78 is 17.0. The van der Waals surface area contributed by atoms with Crippen molar-refractivity contribution in [2.24, 2.45) is 5.92 Å². The predicted octanol–water partition coefficient (Wildman–Crippen LogP) is 2.66. The minimum Gasteiger partial charge on any atom is -0.493 e. The van der Waals surface area contributed by atoms with Crippen molar-refractivity contribution in [3.8, 4) is 11.5 Å². The molecule has 4 heteroatoms. The maximum absolute atomic E-state index is 6.14. The number of fused-ring (bicyclic) bond motifs is 1. The van der Waals surface area contributed by atoms with Gasteiger partial charge in [0, 0.05) is 0 Å². The minimum atomic E-state index is 0.210. The molecule has 0 aromatic heterocycles.